The van der Waals surface area contributed by atoms with Crippen LogP contribution in [0.4, 0.5) is 0 Å². The van der Waals surface area contributed by atoms with E-state index in [1.807, 2.05) is 0 Å². The Balaban J connectivity index is 4.44. The van der Waals surface area contributed by atoms with Gasteiger partial charge in [-0.1, -0.05) is 266 Å². The van der Waals surface area contributed by atoms with Crippen LogP contribution in [0.15, 0.2) is 0 Å². The predicted octanol–water partition coefficient (Wildman–Crippen LogP) is 20.1. The SMILES string of the molecule is CCCCCCCCCCCCCCCC[P+](CCCCCCCCCCCCCCCC)(CCCCCCCCCCCCCCCC)CC(C)C. The van der Waals surface area contributed by atoms with Crippen LogP contribution in [0.5, 0.6) is 0 Å². The van der Waals surface area contributed by atoms with E-state index in [0.717, 1.165) is 5.92 Å². The van der Waals surface area contributed by atoms with Crippen LogP contribution in [0.3, 0.4) is 0 Å². The average molecular weight is 764 g/mol. The Bertz CT molecular complexity index is 560. The Hall–Kier alpha value is 0.430. The number of unbranched alkanes of at least 4 members (excludes halogenated alkanes) is 39. The molecule has 0 aromatic carbocycles. The van der Waals surface area contributed by atoms with Crippen molar-refractivity contribution in [2.24, 2.45) is 5.92 Å². The van der Waals surface area contributed by atoms with Crippen LogP contribution in [0.2, 0.25) is 0 Å². The maximum absolute atomic E-state index is 2.55. The van der Waals surface area contributed by atoms with Gasteiger partial charge in [-0.15, -0.1) is 0 Å². The van der Waals surface area contributed by atoms with Crippen molar-refractivity contribution in [3.8, 4) is 0 Å². The van der Waals surface area contributed by atoms with Gasteiger partial charge in [0.15, 0.2) is 0 Å². The fourth-order valence-electron chi connectivity index (χ4n) is 9.31. The molecule has 0 bridgehead atoms. The third-order valence-electron chi connectivity index (χ3n) is 12.7. The van der Waals surface area contributed by atoms with Crippen LogP contribution < -0.4 is 0 Å². The standard InChI is InChI=1S/C52H108P/c1-6-9-12-15-18-21-24-27-30-33-36-39-42-45-48-53(51-52(4)5,49-46-43-40-37-34-31-28-25-22-19-16-13-10-7-2)50-47-44-41-38-35-32-29-26-23-20-17-14-11-8-3/h52H,6-51H2,1-5H3/q+1. The third kappa shape index (κ3) is 41.9. The van der Waals surface area contributed by atoms with Crippen molar-refractivity contribution < 1.29 is 0 Å². The molecule has 0 radical (unpaired) electrons. The molecule has 1 heteroatoms. The monoisotopic (exact) mass is 764 g/mol. The number of rotatable bonds is 47. The minimum atomic E-state index is -0.806. The van der Waals surface area contributed by atoms with Gasteiger partial charge >= 0.3 is 0 Å². The molecular formula is C52H108P+. The van der Waals surface area contributed by atoms with Crippen LogP contribution in [0, 0.1) is 5.92 Å². The maximum atomic E-state index is 2.55. The summed E-state index contributed by atoms with van der Waals surface area (Å²) in [5, 5.41) is 0. The van der Waals surface area contributed by atoms with Crippen LogP contribution in [-0.2, 0) is 0 Å². The third-order valence-corrected chi connectivity index (χ3v) is 18.0. The summed E-state index contributed by atoms with van der Waals surface area (Å²) in [6.45, 7) is 12.1. The zero-order chi connectivity index (χ0) is 38.6. The lowest BCUT2D eigenvalue weighted by atomic mass is 10.0. The Morgan fingerprint density at radius 3 is 0.528 bits per heavy atom. The second kappa shape index (κ2) is 45.1. The maximum Gasteiger partial charge on any atom is 0.0617 e. The molecule has 0 fully saturated rings. The van der Waals surface area contributed by atoms with Crippen molar-refractivity contribution in [1.29, 1.82) is 0 Å². The van der Waals surface area contributed by atoms with Crippen LogP contribution in [-0.4, -0.2) is 24.6 Å². The van der Waals surface area contributed by atoms with E-state index in [1.165, 1.54) is 250 Å². The van der Waals surface area contributed by atoms with Gasteiger partial charge in [-0.3, -0.25) is 0 Å². The fraction of sp³-hybridized carbons (Fsp3) is 1.00. The summed E-state index contributed by atoms with van der Waals surface area (Å²) in [6.07, 6.45) is 69.0. The fourth-order valence-corrected chi connectivity index (χ4v) is 14.8. The Morgan fingerprint density at radius 1 is 0.226 bits per heavy atom. The highest BCUT2D eigenvalue weighted by atomic mass is 31.2. The van der Waals surface area contributed by atoms with Gasteiger partial charge in [-0.2, -0.15) is 0 Å². The van der Waals surface area contributed by atoms with E-state index >= 15 is 0 Å². The molecule has 0 unspecified atom stereocenters. The zero-order valence-electron chi connectivity index (χ0n) is 38.6. The molecule has 0 aliphatic rings. The molecule has 0 saturated heterocycles. The summed E-state index contributed by atoms with van der Waals surface area (Å²) in [6, 6.07) is 0. The molecular weight excluding hydrogens is 656 g/mol. The molecule has 53 heavy (non-hydrogen) atoms. The summed E-state index contributed by atoms with van der Waals surface area (Å²) in [5.74, 6) is 0.897. The van der Waals surface area contributed by atoms with Crippen molar-refractivity contribution in [1.82, 2.24) is 0 Å². The molecule has 0 N–H and O–H groups in total. The lowest BCUT2D eigenvalue weighted by molar-refractivity contribution is 0.536. The molecule has 0 nitrogen and oxygen atoms in total. The van der Waals surface area contributed by atoms with E-state index < -0.39 is 7.26 Å². The second-order valence-corrected chi connectivity index (χ2v) is 23.3. The summed E-state index contributed by atoms with van der Waals surface area (Å²) in [4.78, 5) is 0. The Morgan fingerprint density at radius 2 is 0.377 bits per heavy atom. The normalized spacial score (nSPS) is 12.1. The first kappa shape index (κ1) is 53.4. The molecule has 0 amide bonds. The predicted molar refractivity (Wildman–Crippen MR) is 252 cm³/mol. The van der Waals surface area contributed by atoms with Crippen molar-refractivity contribution >= 4 is 7.26 Å². The molecule has 0 aromatic heterocycles. The lowest BCUT2D eigenvalue weighted by Crippen LogP contribution is -2.16. The van der Waals surface area contributed by atoms with Gasteiger partial charge in [0.25, 0.3) is 0 Å². The first-order valence-corrected chi connectivity index (χ1v) is 28.5. The summed E-state index contributed by atoms with van der Waals surface area (Å²) in [5.41, 5.74) is 0. The van der Waals surface area contributed by atoms with Gasteiger partial charge in [0.2, 0.25) is 0 Å². The van der Waals surface area contributed by atoms with E-state index in [1.54, 1.807) is 43.9 Å². The molecule has 320 valence electrons. The molecule has 0 aromatic rings. The van der Waals surface area contributed by atoms with Crippen molar-refractivity contribution in [3.05, 3.63) is 0 Å². The molecule has 0 spiro atoms. The van der Waals surface area contributed by atoms with E-state index in [2.05, 4.69) is 34.6 Å². The van der Waals surface area contributed by atoms with Crippen LogP contribution >= 0.6 is 7.26 Å². The quantitative estimate of drug-likeness (QED) is 0.0428. The number of hydrogen-bond acceptors (Lipinski definition) is 0. The first-order chi connectivity index (χ1) is 26.1. The molecule has 0 aliphatic carbocycles. The molecule has 0 heterocycles. The van der Waals surface area contributed by atoms with E-state index in [4.69, 9.17) is 0 Å². The Kier molecular flexibility index (Phi) is 45.5. The highest BCUT2D eigenvalue weighted by Gasteiger charge is 2.36. The first-order valence-electron chi connectivity index (χ1n) is 25.9. The van der Waals surface area contributed by atoms with Gasteiger partial charge < -0.3 is 0 Å². The van der Waals surface area contributed by atoms with Gasteiger partial charge in [0.1, 0.15) is 0 Å². The van der Waals surface area contributed by atoms with Gasteiger partial charge in [-0.25, -0.2) is 0 Å². The van der Waals surface area contributed by atoms with Gasteiger partial charge in [0, 0.05) is 7.26 Å². The second-order valence-electron chi connectivity index (χ2n) is 18.9. The average Bonchev–Trinajstić information content (AvgIpc) is 3.15. The Labute approximate surface area is 340 Å². The summed E-state index contributed by atoms with van der Waals surface area (Å²) >= 11 is 0. The smallest absolute Gasteiger partial charge is 0.0617 e. The molecule has 0 atom stereocenters. The number of hydrogen-bond donors (Lipinski definition) is 0. The lowest BCUT2D eigenvalue weighted by Gasteiger charge is -2.30. The van der Waals surface area contributed by atoms with Crippen molar-refractivity contribution in [3.63, 3.8) is 0 Å². The van der Waals surface area contributed by atoms with Gasteiger partial charge in [0.05, 0.1) is 24.6 Å². The highest BCUT2D eigenvalue weighted by molar-refractivity contribution is 7.75. The summed E-state index contributed by atoms with van der Waals surface area (Å²) in [7, 11) is -0.806. The van der Waals surface area contributed by atoms with Crippen LogP contribution in [0.25, 0.3) is 0 Å². The van der Waals surface area contributed by atoms with Crippen LogP contribution in [0.1, 0.15) is 304 Å². The molecule has 0 aliphatic heterocycles. The van der Waals surface area contributed by atoms with Crippen molar-refractivity contribution in [2.75, 3.05) is 24.6 Å². The van der Waals surface area contributed by atoms with E-state index in [0.29, 0.717) is 0 Å². The van der Waals surface area contributed by atoms with Gasteiger partial charge in [-0.05, 0) is 44.4 Å². The summed E-state index contributed by atoms with van der Waals surface area (Å²) < 4.78 is 0. The van der Waals surface area contributed by atoms with Crippen molar-refractivity contribution in [2.45, 2.75) is 304 Å². The minimum absolute atomic E-state index is 0.806. The van der Waals surface area contributed by atoms with E-state index in [9.17, 15) is 0 Å². The largest absolute Gasteiger partial charge is 0.0654 e. The minimum Gasteiger partial charge on any atom is -0.0654 e. The molecule has 0 rings (SSSR count). The zero-order valence-corrected chi connectivity index (χ0v) is 39.4. The highest BCUT2D eigenvalue weighted by Crippen LogP contribution is 2.62. The van der Waals surface area contributed by atoms with E-state index in [-0.39, 0.29) is 0 Å². The molecule has 0 saturated carbocycles. The topological polar surface area (TPSA) is 0 Å².